The van der Waals surface area contributed by atoms with Crippen molar-refractivity contribution in [3.05, 3.63) is 12.2 Å². The lowest BCUT2D eigenvalue weighted by atomic mass is 9.38. The molecule has 6 aliphatic rings. The summed E-state index contributed by atoms with van der Waals surface area (Å²) in [6.07, 6.45) is 0.981. The third-order valence-electron chi connectivity index (χ3n) is 8.66. The fourth-order valence-electron chi connectivity index (χ4n) is 7.60. The fourth-order valence-corrected chi connectivity index (χ4v) is 7.60. The highest BCUT2D eigenvalue weighted by atomic mass is 16.5. The van der Waals surface area contributed by atoms with Gasteiger partial charge in [0, 0.05) is 24.7 Å². The Balaban J connectivity index is 1.75. The highest BCUT2D eigenvalue weighted by Gasteiger charge is 2.79. The molecule has 5 unspecified atom stereocenters. The standard InChI is InChI=1S/C22H26O6/c1-10-12-5-6-13-21(8-12,19(10)28-11(2)23)18(26)16(25)17-20(3,4)15-7-14(24)22(13,17)9-27-15/h12-13,15,17,19H,1,5-9H2,2-4H3/t12?,13-,15?,17?,19-,21?,22?/m1/s1. The number of rotatable bonds is 1. The zero-order valence-electron chi connectivity index (χ0n) is 16.6. The molecule has 2 aliphatic heterocycles. The number of esters is 1. The Morgan fingerprint density at radius 2 is 1.89 bits per heavy atom. The maximum absolute atomic E-state index is 13.7. The van der Waals surface area contributed by atoms with Crippen molar-refractivity contribution < 1.29 is 28.7 Å². The first kappa shape index (κ1) is 18.2. The highest BCUT2D eigenvalue weighted by Crippen LogP contribution is 2.71. The molecule has 4 aliphatic carbocycles. The molecular formula is C22H26O6. The molecule has 6 heteroatoms. The van der Waals surface area contributed by atoms with Crippen molar-refractivity contribution in [1.29, 1.82) is 0 Å². The van der Waals surface area contributed by atoms with Gasteiger partial charge in [-0.15, -0.1) is 0 Å². The number of hydrogen-bond donors (Lipinski definition) is 0. The van der Waals surface area contributed by atoms with Crippen LogP contribution < -0.4 is 0 Å². The second-order valence-corrected chi connectivity index (χ2v) is 10.1. The lowest BCUT2D eigenvalue weighted by molar-refractivity contribution is -0.249. The Hall–Kier alpha value is -1.82. The average molecular weight is 386 g/mol. The molecule has 6 rings (SSSR count). The van der Waals surface area contributed by atoms with Crippen molar-refractivity contribution in [3.63, 3.8) is 0 Å². The molecule has 2 saturated heterocycles. The summed E-state index contributed by atoms with van der Waals surface area (Å²) in [5.41, 5.74) is -2.04. The van der Waals surface area contributed by atoms with Gasteiger partial charge in [-0.1, -0.05) is 20.4 Å². The van der Waals surface area contributed by atoms with Gasteiger partial charge in [0.25, 0.3) is 0 Å². The molecule has 7 atom stereocenters. The zero-order valence-corrected chi connectivity index (χ0v) is 16.6. The lowest BCUT2D eigenvalue weighted by Crippen LogP contribution is -2.76. The number of carbonyl (C=O) groups is 4. The Bertz CT molecular complexity index is 855. The summed E-state index contributed by atoms with van der Waals surface area (Å²) in [6, 6.07) is 0. The summed E-state index contributed by atoms with van der Waals surface area (Å²) in [5.74, 6) is -2.38. The lowest BCUT2D eigenvalue weighted by Gasteiger charge is -2.66. The van der Waals surface area contributed by atoms with Crippen LogP contribution in [0.4, 0.5) is 0 Å². The maximum atomic E-state index is 13.7. The summed E-state index contributed by atoms with van der Waals surface area (Å²) in [5, 5.41) is 0. The van der Waals surface area contributed by atoms with Gasteiger partial charge in [0.05, 0.1) is 23.5 Å². The molecule has 0 aromatic carbocycles. The summed E-state index contributed by atoms with van der Waals surface area (Å²) >= 11 is 0. The van der Waals surface area contributed by atoms with Crippen molar-refractivity contribution in [2.75, 3.05) is 6.61 Å². The summed E-state index contributed by atoms with van der Waals surface area (Å²) in [6.45, 7) is 9.49. The predicted octanol–water partition coefficient (Wildman–Crippen LogP) is 2.04. The second kappa shape index (κ2) is 5.21. The van der Waals surface area contributed by atoms with E-state index in [1.54, 1.807) is 0 Å². The van der Waals surface area contributed by atoms with Crippen LogP contribution in [-0.2, 0) is 28.7 Å². The molecule has 28 heavy (non-hydrogen) atoms. The molecule has 0 aromatic rings. The van der Waals surface area contributed by atoms with Crippen LogP contribution in [0, 0.1) is 34.0 Å². The van der Waals surface area contributed by atoms with Gasteiger partial charge in [-0.05, 0) is 36.7 Å². The number of ketones is 3. The number of fused-ring (bicyclic) bond motifs is 3. The third-order valence-corrected chi connectivity index (χ3v) is 8.66. The topological polar surface area (TPSA) is 86.7 Å². The van der Waals surface area contributed by atoms with Gasteiger partial charge in [0.15, 0.2) is 0 Å². The molecule has 150 valence electrons. The highest BCUT2D eigenvalue weighted by molar-refractivity contribution is 6.42. The normalized spacial score (nSPS) is 48.3. The van der Waals surface area contributed by atoms with Crippen LogP contribution in [0.1, 0.15) is 46.5 Å². The maximum Gasteiger partial charge on any atom is 0.303 e. The summed E-state index contributed by atoms with van der Waals surface area (Å²) < 4.78 is 11.7. The van der Waals surface area contributed by atoms with E-state index in [1.807, 2.05) is 13.8 Å². The minimum absolute atomic E-state index is 0.0364. The van der Waals surface area contributed by atoms with E-state index in [-0.39, 0.29) is 36.8 Å². The van der Waals surface area contributed by atoms with E-state index in [9.17, 15) is 19.2 Å². The minimum atomic E-state index is -1.17. The zero-order chi connectivity index (χ0) is 20.2. The second-order valence-electron chi connectivity index (χ2n) is 10.1. The number of Topliss-reactive ketones (excluding diaryl/α,β-unsaturated/α-hetero) is 3. The molecule has 2 spiro atoms. The molecule has 0 radical (unpaired) electrons. The van der Waals surface area contributed by atoms with Gasteiger partial charge in [-0.2, -0.15) is 0 Å². The number of hydrogen-bond acceptors (Lipinski definition) is 6. The van der Waals surface area contributed by atoms with Gasteiger partial charge in [0.2, 0.25) is 11.6 Å². The first-order chi connectivity index (χ1) is 13.1. The first-order valence-corrected chi connectivity index (χ1v) is 10.2. The summed E-state index contributed by atoms with van der Waals surface area (Å²) in [4.78, 5) is 52.5. The molecule has 0 amide bonds. The van der Waals surface area contributed by atoms with Crippen molar-refractivity contribution in [2.24, 2.45) is 34.0 Å². The number of carbonyl (C=O) groups excluding carboxylic acids is 4. The van der Waals surface area contributed by atoms with Crippen LogP contribution in [0.2, 0.25) is 0 Å². The number of ether oxygens (including phenoxy) is 2. The van der Waals surface area contributed by atoms with Gasteiger partial charge >= 0.3 is 5.97 Å². The van der Waals surface area contributed by atoms with Crippen molar-refractivity contribution in [2.45, 2.75) is 58.7 Å². The Kier molecular flexibility index (Phi) is 3.39. The Morgan fingerprint density at radius 1 is 1.18 bits per heavy atom. The molecule has 4 bridgehead atoms. The van der Waals surface area contributed by atoms with Gasteiger partial charge in [-0.25, -0.2) is 0 Å². The SMILES string of the molecule is C=C1C2CC[C@H]3C45COC(CC4=O)C(C)(C)C5C(=O)C(=O)C3(C2)[C@@H]1OC(C)=O. The third kappa shape index (κ3) is 1.75. The van der Waals surface area contributed by atoms with Gasteiger partial charge in [0.1, 0.15) is 11.9 Å². The van der Waals surface area contributed by atoms with E-state index in [0.717, 1.165) is 6.42 Å². The van der Waals surface area contributed by atoms with E-state index in [0.29, 0.717) is 18.4 Å². The average Bonchev–Trinajstić information content (AvgIpc) is 2.82. The van der Waals surface area contributed by atoms with Crippen molar-refractivity contribution in [3.8, 4) is 0 Å². The smallest absolute Gasteiger partial charge is 0.303 e. The fraction of sp³-hybridized carbons (Fsp3) is 0.727. The van der Waals surface area contributed by atoms with E-state index in [1.165, 1.54) is 6.92 Å². The van der Waals surface area contributed by atoms with Crippen LogP contribution in [0.25, 0.3) is 0 Å². The van der Waals surface area contributed by atoms with E-state index >= 15 is 0 Å². The molecule has 6 fully saturated rings. The molecule has 4 saturated carbocycles. The van der Waals surface area contributed by atoms with E-state index < -0.39 is 45.8 Å². The largest absolute Gasteiger partial charge is 0.457 e. The van der Waals surface area contributed by atoms with E-state index in [2.05, 4.69) is 6.58 Å². The van der Waals surface area contributed by atoms with Gasteiger partial charge in [-0.3, -0.25) is 19.2 Å². The van der Waals surface area contributed by atoms with Crippen molar-refractivity contribution in [1.82, 2.24) is 0 Å². The minimum Gasteiger partial charge on any atom is -0.457 e. The first-order valence-electron chi connectivity index (χ1n) is 10.2. The van der Waals surface area contributed by atoms with Crippen LogP contribution in [0.5, 0.6) is 0 Å². The monoisotopic (exact) mass is 386 g/mol. The van der Waals surface area contributed by atoms with Crippen LogP contribution in [-0.4, -0.2) is 42.1 Å². The quantitative estimate of drug-likeness (QED) is 0.389. The summed E-state index contributed by atoms with van der Waals surface area (Å²) in [7, 11) is 0. The van der Waals surface area contributed by atoms with Gasteiger partial charge < -0.3 is 9.47 Å². The van der Waals surface area contributed by atoms with Crippen molar-refractivity contribution >= 4 is 23.3 Å². The Labute approximate surface area is 164 Å². The predicted molar refractivity (Wildman–Crippen MR) is 97.0 cm³/mol. The molecule has 0 N–H and O–H groups in total. The molecular weight excluding hydrogens is 360 g/mol. The Morgan fingerprint density at radius 3 is 2.54 bits per heavy atom. The van der Waals surface area contributed by atoms with Crippen LogP contribution in [0.3, 0.4) is 0 Å². The molecule has 2 heterocycles. The van der Waals surface area contributed by atoms with Crippen LogP contribution in [0.15, 0.2) is 12.2 Å². The molecule has 0 aromatic heterocycles. The molecule has 6 nitrogen and oxygen atoms in total. The van der Waals surface area contributed by atoms with E-state index in [4.69, 9.17) is 9.47 Å². The van der Waals surface area contributed by atoms with Crippen LogP contribution >= 0.6 is 0 Å².